The number of hydrogen-bond acceptors (Lipinski definition) is 3. The van der Waals surface area contributed by atoms with Crippen LogP contribution in [0.4, 0.5) is 0 Å². The van der Waals surface area contributed by atoms with E-state index in [0.29, 0.717) is 0 Å². The summed E-state index contributed by atoms with van der Waals surface area (Å²) in [6, 6.07) is 10.3. The highest BCUT2D eigenvalue weighted by Gasteiger charge is 2.15. The first kappa shape index (κ1) is 12.6. The molecule has 1 N–H and O–H groups in total. The molecule has 0 bridgehead atoms. The number of ether oxygens (including phenoxy) is 1. The second-order valence-electron chi connectivity index (χ2n) is 4.14. The number of nitrogens with one attached hydrogen (secondary N) is 1. The standard InChI is InChI=1S/C14H19N3O/c1-4-15-14(13-9-10-16-17(13)2)11-5-7-12(18-3)8-6-11/h5-10,14-15H,4H2,1-3H3. The molecular weight excluding hydrogens is 226 g/mol. The summed E-state index contributed by atoms with van der Waals surface area (Å²) >= 11 is 0. The average molecular weight is 245 g/mol. The molecule has 0 spiro atoms. The molecule has 1 heterocycles. The van der Waals surface area contributed by atoms with Gasteiger partial charge in [0, 0.05) is 13.2 Å². The van der Waals surface area contributed by atoms with Crippen molar-refractivity contribution in [1.82, 2.24) is 15.1 Å². The zero-order valence-corrected chi connectivity index (χ0v) is 11.1. The quantitative estimate of drug-likeness (QED) is 0.877. The van der Waals surface area contributed by atoms with Gasteiger partial charge in [-0.1, -0.05) is 19.1 Å². The van der Waals surface area contributed by atoms with Gasteiger partial charge in [0.2, 0.25) is 0 Å². The molecule has 2 aromatic rings. The summed E-state index contributed by atoms with van der Waals surface area (Å²) in [5, 5.41) is 7.71. The first-order chi connectivity index (χ1) is 8.76. The van der Waals surface area contributed by atoms with E-state index in [-0.39, 0.29) is 6.04 Å². The second-order valence-corrected chi connectivity index (χ2v) is 4.14. The monoisotopic (exact) mass is 245 g/mol. The van der Waals surface area contributed by atoms with Gasteiger partial charge in [0.25, 0.3) is 0 Å². The van der Waals surface area contributed by atoms with Gasteiger partial charge in [-0.05, 0) is 30.3 Å². The molecule has 0 fully saturated rings. The molecule has 0 saturated heterocycles. The fourth-order valence-electron chi connectivity index (χ4n) is 2.06. The molecule has 4 heteroatoms. The van der Waals surface area contributed by atoms with Crippen LogP contribution in [0.15, 0.2) is 36.5 Å². The Bertz CT molecular complexity index is 490. The topological polar surface area (TPSA) is 39.1 Å². The van der Waals surface area contributed by atoms with Crippen LogP contribution in [0.3, 0.4) is 0 Å². The van der Waals surface area contributed by atoms with Gasteiger partial charge in [0.15, 0.2) is 0 Å². The highest BCUT2D eigenvalue weighted by Crippen LogP contribution is 2.23. The Morgan fingerprint density at radius 3 is 2.50 bits per heavy atom. The van der Waals surface area contributed by atoms with E-state index in [1.54, 1.807) is 7.11 Å². The summed E-state index contributed by atoms with van der Waals surface area (Å²) in [6.07, 6.45) is 1.82. The Labute approximate surface area is 108 Å². The van der Waals surface area contributed by atoms with E-state index in [9.17, 15) is 0 Å². The summed E-state index contributed by atoms with van der Waals surface area (Å²) in [5.41, 5.74) is 2.36. The van der Waals surface area contributed by atoms with Crippen molar-refractivity contribution in [2.45, 2.75) is 13.0 Å². The smallest absolute Gasteiger partial charge is 0.118 e. The average Bonchev–Trinajstić information content (AvgIpc) is 2.82. The highest BCUT2D eigenvalue weighted by atomic mass is 16.5. The van der Waals surface area contributed by atoms with E-state index in [0.717, 1.165) is 18.0 Å². The maximum absolute atomic E-state index is 5.19. The Morgan fingerprint density at radius 1 is 1.28 bits per heavy atom. The van der Waals surface area contributed by atoms with E-state index in [4.69, 9.17) is 4.74 Å². The second kappa shape index (κ2) is 5.69. The third-order valence-corrected chi connectivity index (χ3v) is 3.01. The van der Waals surface area contributed by atoms with Crippen LogP contribution in [0.2, 0.25) is 0 Å². The van der Waals surface area contributed by atoms with E-state index in [1.807, 2.05) is 36.1 Å². The molecule has 4 nitrogen and oxygen atoms in total. The minimum Gasteiger partial charge on any atom is -0.497 e. The lowest BCUT2D eigenvalue weighted by atomic mass is 10.0. The largest absolute Gasteiger partial charge is 0.497 e. The van der Waals surface area contributed by atoms with Crippen molar-refractivity contribution in [3.8, 4) is 5.75 Å². The van der Waals surface area contributed by atoms with Gasteiger partial charge in [0.05, 0.1) is 18.8 Å². The number of rotatable bonds is 5. The Kier molecular flexibility index (Phi) is 3.99. The summed E-state index contributed by atoms with van der Waals surface area (Å²) in [6.45, 7) is 3.01. The van der Waals surface area contributed by atoms with E-state index >= 15 is 0 Å². The maximum Gasteiger partial charge on any atom is 0.118 e. The van der Waals surface area contributed by atoms with E-state index in [2.05, 4.69) is 29.5 Å². The number of hydrogen-bond donors (Lipinski definition) is 1. The van der Waals surface area contributed by atoms with Crippen molar-refractivity contribution in [3.63, 3.8) is 0 Å². The van der Waals surface area contributed by atoms with Crippen LogP contribution >= 0.6 is 0 Å². The van der Waals surface area contributed by atoms with Gasteiger partial charge in [-0.15, -0.1) is 0 Å². The highest BCUT2D eigenvalue weighted by molar-refractivity contribution is 5.33. The zero-order chi connectivity index (χ0) is 13.0. The summed E-state index contributed by atoms with van der Waals surface area (Å²) in [7, 11) is 3.64. The molecule has 1 aromatic heterocycles. The molecular formula is C14H19N3O. The van der Waals surface area contributed by atoms with Crippen molar-refractivity contribution in [3.05, 3.63) is 47.8 Å². The van der Waals surface area contributed by atoms with Crippen LogP contribution < -0.4 is 10.1 Å². The van der Waals surface area contributed by atoms with Gasteiger partial charge in [0.1, 0.15) is 5.75 Å². The molecule has 0 saturated carbocycles. The maximum atomic E-state index is 5.19. The molecule has 0 aliphatic rings. The summed E-state index contributed by atoms with van der Waals surface area (Å²) in [4.78, 5) is 0. The van der Waals surface area contributed by atoms with Crippen molar-refractivity contribution in [1.29, 1.82) is 0 Å². The summed E-state index contributed by atoms with van der Waals surface area (Å²) in [5.74, 6) is 0.874. The fourth-order valence-corrected chi connectivity index (χ4v) is 2.06. The fraction of sp³-hybridized carbons (Fsp3) is 0.357. The van der Waals surface area contributed by atoms with Gasteiger partial charge < -0.3 is 10.1 Å². The first-order valence-corrected chi connectivity index (χ1v) is 6.11. The molecule has 0 radical (unpaired) electrons. The summed E-state index contributed by atoms with van der Waals surface area (Å²) < 4.78 is 7.09. The molecule has 0 amide bonds. The van der Waals surface area contributed by atoms with Crippen LogP contribution in [-0.4, -0.2) is 23.4 Å². The Balaban J connectivity index is 2.32. The van der Waals surface area contributed by atoms with E-state index in [1.165, 1.54) is 5.56 Å². The Hall–Kier alpha value is -1.81. The third kappa shape index (κ3) is 2.54. The molecule has 96 valence electrons. The van der Waals surface area contributed by atoms with Crippen molar-refractivity contribution >= 4 is 0 Å². The molecule has 0 aliphatic heterocycles. The molecule has 0 aliphatic carbocycles. The molecule has 18 heavy (non-hydrogen) atoms. The van der Waals surface area contributed by atoms with E-state index < -0.39 is 0 Å². The van der Waals surface area contributed by atoms with Crippen LogP contribution in [-0.2, 0) is 7.05 Å². The number of benzene rings is 1. The van der Waals surface area contributed by atoms with Crippen LogP contribution in [0.1, 0.15) is 24.2 Å². The minimum atomic E-state index is 0.161. The zero-order valence-electron chi connectivity index (χ0n) is 11.1. The third-order valence-electron chi connectivity index (χ3n) is 3.01. The normalized spacial score (nSPS) is 12.4. The molecule has 1 unspecified atom stereocenters. The predicted octanol–water partition coefficient (Wildman–Crippen LogP) is 2.13. The number of aromatic nitrogens is 2. The number of nitrogens with zero attached hydrogens (tertiary/aromatic N) is 2. The first-order valence-electron chi connectivity index (χ1n) is 6.11. The number of methoxy groups -OCH3 is 1. The SMILES string of the molecule is CCNC(c1ccc(OC)cc1)c1ccnn1C. The van der Waals surface area contributed by atoms with Crippen LogP contribution in [0, 0.1) is 0 Å². The van der Waals surface area contributed by atoms with Crippen LogP contribution in [0.5, 0.6) is 5.75 Å². The lowest BCUT2D eigenvalue weighted by Crippen LogP contribution is -2.24. The molecule has 2 rings (SSSR count). The lowest BCUT2D eigenvalue weighted by molar-refractivity contribution is 0.414. The predicted molar refractivity (Wildman–Crippen MR) is 71.7 cm³/mol. The Morgan fingerprint density at radius 2 is 2.00 bits per heavy atom. The van der Waals surface area contributed by atoms with Crippen molar-refractivity contribution in [2.75, 3.05) is 13.7 Å². The van der Waals surface area contributed by atoms with Gasteiger partial charge in [-0.3, -0.25) is 4.68 Å². The van der Waals surface area contributed by atoms with Crippen LogP contribution in [0.25, 0.3) is 0 Å². The minimum absolute atomic E-state index is 0.161. The lowest BCUT2D eigenvalue weighted by Gasteiger charge is -2.19. The van der Waals surface area contributed by atoms with Gasteiger partial charge >= 0.3 is 0 Å². The number of aryl methyl sites for hydroxylation is 1. The van der Waals surface area contributed by atoms with Gasteiger partial charge in [-0.25, -0.2) is 0 Å². The molecule has 1 atom stereocenters. The van der Waals surface area contributed by atoms with Crippen molar-refractivity contribution < 1.29 is 4.74 Å². The van der Waals surface area contributed by atoms with Crippen molar-refractivity contribution in [2.24, 2.45) is 7.05 Å². The van der Waals surface area contributed by atoms with Gasteiger partial charge in [-0.2, -0.15) is 5.10 Å². The molecule has 1 aromatic carbocycles.